The van der Waals surface area contributed by atoms with Crippen molar-refractivity contribution in [3.63, 3.8) is 0 Å². The Morgan fingerprint density at radius 3 is 2.79 bits per heavy atom. The maximum Gasteiger partial charge on any atom is 0.224 e. The van der Waals surface area contributed by atoms with Crippen LogP contribution in [0.5, 0.6) is 0 Å². The van der Waals surface area contributed by atoms with Gasteiger partial charge in [-0.2, -0.15) is 0 Å². The van der Waals surface area contributed by atoms with Crippen LogP contribution in [0.1, 0.15) is 23.9 Å². The number of carbonyl (C=O) groups excluding carboxylic acids is 1. The predicted molar refractivity (Wildman–Crippen MR) is 89.3 cm³/mol. The van der Waals surface area contributed by atoms with Gasteiger partial charge in [0.25, 0.3) is 0 Å². The minimum absolute atomic E-state index is 0.191. The predicted octanol–water partition coefficient (Wildman–Crippen LogP) is 0.320. The Hall–Kier alpha value is -2.22. The molecule has 0 saturated heterocycles. The maximum absolute atomic E-state index is 12.5. The fourth-order valence-electron chi connectivity index (χ4n) is 3.05. The SMILES string of the molecule is Cc1nccn1CCC(=O)N1CCc2nnc(CN(C)C)n2CC1. The van der Waals surface area contributed by atoms with Crippen molar-refractivity contribution in [1.29, 1.82) is 0 Å². The van der Waals surface area contributed by atoms with Gasteiger partial charge in [-0.1, -0.05) is 0 Å². The highest BCUT2D eigenvalue weighted by atomic mass is 16.2. The number of hydrogen-bond acceptors (Lipinski definition) is 5. The Kier molecular flexibility index (Phi) is 4.94. The van der Waals surface area contributed by atoms with Crippen molar-refractivity contribution in [1.82, 2.24) is 34.1 Å². The van der Waals surface area contributed by atoms with Gasteiger partial charge in [0.2, 0.25) is 5.91 Å². The van der Waals surface area contributed by atoms with Gasteiger partial charge in [0.1, 0.15) is 17.5 Å². The van der Waals surface area contributed by atoms with Crippen LogP contribution >= 0.6 is 0 Å². The normalized spacial score (nSPS) is 14.8. The van der Waals surface area contributed by atoms with Crippen molar-refractivity contribution in [2.24, 2.45) is 0 Å². The highest BCUT2D eigenvalue weighted by molar-refractivity contribution is 5.76. The van der Waals surface area contributed by atoms with Crippen LogP contribution in [-0.4, -0.2) is 67.2 Å². The van der Waals surface area contributed by atoms with Crippen LogP contribution < -0.4 is 0 Å². The fraction of sp³-hybridized carbons (Fsp3) is 0.625. The molecule has 2 aromatic heterocycles. The van der Waals surface area contributed by atoms with E-state index in [2.05, 4.69) is 24.6 Å². The van der Waals surface area contributed by atoms with Crippen molar-refractivity contribution in [3.8, 4) is 0 Å². The van der Waals surface area contributed by atoms with Gasteiger partial charge in [0.15, 0.2) is 0 Å². The van der Waals surface area contributed by atoms with Crippen molar-refractivity contribution < 1.29 is 4.79 Å². The van der Waals surface area contributed by atoms with Gasteiger partial charge in [0.05, 0.1) is 6.54 Å². The molecule has 1 aliphatic heterocycles. The van der Waals surface area contributed by atoms with Gasteiger partial charge in [-0.25, -0.2) is 4.98 Å². The number of aromatic nitrogens is 5. The van der Waals surface area contributed by atoms with E-state index in [9.17, 15) is 4.79 Å². The molecule has 0 spiro atoms. The van der Waals surface area contributed by atoms with E-state index in [1.54, 1.807) is 6.20 Å². The highest BCUT2D eigenvalue weighted by Crippen LogP contribution is 2.12. The van der Waals surface area contributed by atoms with E-state index in [1.165, 1.54) is 0 Å². The Morgan fingerprint density at radius 1 is 1.25 bits per heavy atom. The molecule has 130 valence electrons. The standard InChI is InChI=1S/C16H25N7O/c1-13-17-6-9-21(13)8-5-16(24)22-7-4-14-18-19-15(12-20(2)3)23(14)11-10-22/h6,9H,4-5,7-8,10-12H2,1-3H3. The number of hydrogen-bond donors (Lipinski definition) is 0. The summed E-state index contributed by atoms with van der Waals surface area (Å²) in [5.74, 6) is 3.08. The van der Waals surface area contributed by atoms with Crippen molar-refractivity contribution in [2.45, 2.75) is 39.4 Å². The van der Waals surface area contributed by atoms with E-state index in [4.69, 9.17) is 0 Å². The molecular weight excluding hydrogens is 306 g/mol. The second-order valence-corrected chi connectivity index (χ2v) is 6.47. The second-order valence-electron chi connectivity index (χ2n) is 6.47. The molecule has 0 unspecified atom stereocenters. The molecule has 24 heavy (non-hydrogen) atoms. The molecule has 0 fully saturated rings. The first-order chi connectivity index (χ1) is 11.5. The number of fused-ring (bicyclic) bond motifs is 1. The Labute approximate surface area is 142 Å². The Morgan fingerprint density at radius 2 is 2.08 bits per heavy atom. The second kappa shape index (κ2) is 7.12. The Bertz CT molecular complexity index is 703. The summed E-state index contributed by atoms with van der Waals surface area (Å²) in [7, 11) is 4.04. The monoisotopic (exact) mass is 331 g/mol. The lowest BCUT2D eigenvalue weighted by atomic mass is 10.3. The van der Waals surface area contributed by atoms with Crippen molar-refractivity contribution >= 4 is 5.91 Å². The lowest BCUT2D eigenvalue weighted by Gasteiger charge is -2.20. The zero-order valence-electron chi connectivity index (χ0n) is 14.6. The average molecular weight is 331 g/mol. The summed E-state index contributed by atoms with van der Waals surface area (Å²) in [5.41, 5.74) is 0. The molecule has 1 amide bonds. The number of imidazole rings is 1. The van der Waals surface area contributed by atoms with E-state index >= 15 is 0 Å². The third kappa shape index (κ3) is 3.64. The van der Waals surface area contributed by atoms with Crippen LogP contribution in [-0.2, 0) is 30.8 Å². The number of amides is 1. The minimum atomic E-state index is 0.191. The topological polar surface area (TPSA) is 72.1 Å². The van der Waals surface area contributed by atoms with Crippen LogP contribution in [0.2, 0.25) is 0 Å². The number of nitrogens with zero attached hydrogens (tertiary/aromatic N) is 7. The summed E-state index contributed by atoms with van der Waals surface area (Å²) in [5, 5.41) is 8.58. The molecule has 0 aliphatic carbocycles. The van der Waals surface area contributed by atoms with E-state index in [1.807, 2.05) is 36.7 Å². The average Bonchev–Trinajstić information content (AvgIpc) is 3.04. The summed E-state index contributed by atoms with van der Waals surface area (Å²) in [6, 6.07) is 0. The first-order valence-corrected chi connectivity index (χ1v) is 8.36. The molecule has 0 saturated carbocycles. The van der Waals surface area contributed by atoms with Gasteiger partial charge in [-0.05, 0) is 21.0 Å². The lowest BCUT2D eigenvalue weighted by Crippen LogP contribution is -2.34. The molecule has 8 heteroatoms. The largest absolute Gasteiger partial charge is 0.340 e. The fourth-order valence-corrected chi connectivity index (χ4v) is 3.05. The van der Waals surface area contributed by atoms with Gasteiger partial charge in [0, 0.05) is 51.4 Å². The third-order valence-electron chi connectivity index (χ3n) is 4.40. The molecule has 0 atom stereocenters. The van der Waals surface area contributed by atoms with Gasteiger partial charge in [-0.3, -0.25) is 4.79 Å². The quantitative estimate of drug-likeness (QED) is 0.789. The molecule has 1 aliphatic rings. The highest BCUT2D eigenvalue weighted by Gasteiger charge is 2.21. The molecule has 0 N–H and O–H groups in total. The van der Waals surface area contributed by atoms with Crippen molar-refractivity contribution in [2.75, 3.05) is 27.2 Å². The summed E-state index contributed by atoms with van der Waals surface area (Å²) >= 11 is 0. The minimum Gasteiger partial charge on any atom is -0.340 e. The molecule has 0 aromatic carbocycles. The number of rotatable bonds is 5. The van der Waals surface area contributed by atoms with Crippen LogP contribution in [0, 0.1) is 6.92 Å². The van der Waals surface area contributed by atoms with E-state index < -0.39 is 0 Å². The molecule has 3 heterocycles. The molecule has 2 aromatic rings. The van der Waals surface area contributed by atoms with E-state index in [-0.39, 0.29) is 5.91 Å². The van der Waals surface area contributed by atoms with Crippen LogP contribution in [0.25, 0.3) is 0 Å². The molecular formula is C16H25N7O. The van der Waals surface area contributed by atoms with Gasteiger partial charge < -0.3 is 18.9 Å². The summed E-state index contributed by atoms with van der Waals surface area (Å²) < 4.78 is 4.17. The molecule has 0 bridgehead atoms. The first-order valence-electron chi connectivity index (χ1n) is 8.36. The van der Waals surface area contributed by atoms with Gasteiger partial charge in [-0.15, -0.1) is 10.2 Å². The smallest absolute Gasteiger partial charge is 0.224 e. The zero-order chi connectivity index (χ0) is 17.1. The van der Waals surface area contributed by atoms with Gasteiger partial charge >= 0.3 is 0 Å². The van der Waals surface area contributed by atoms with Crippen molar-refractivity contribution in [3.05, 3.63) is 29.9 Å². The molecule has 3 rings (SSSR count). The number of aryl methyl sites for hydroxylation is 2. The van der Waals surface area contributed by atoms with Crippen LogP contribution in [0.3, 0.4) is 0 Å². The molecule has 0 radical (unpaired) electrons. The van der Waals surface area contributed by atoms with Crippen LogP contribution in [0.15, 0.2) is 12.4 Å². The molecule has 8 nitrogen and oxygen atoms in total. The summed E-state index contributed by atoms with van der Waals surface area (Å²) in [6.45, 7) is 5.59. The third-order valence-corrected chi connectivity index (χ3v) is 4.40. The first kappa shape index (κ1) is 16.6. The van der Waals surface area contributed by atoms with E-state index in [0.717, 1.165) is 37.0 Å². The van der Waals surface area contributed by atoms with E-state index in [0.29, 0.717) is 26.1 Å². The lowest BCUT2D eigenvalue weighted by molar-refractivity contribution is -0.131. The summed E-state index contributed by atoms with van der Waals surface area (Å²) in [4.78, 5) is 20.7. The number of carbonyl (C=O) groups is 1. The summed E-state index contributed by atoms with van der Waals surface area (Å²) in [6.07, 6.45) is 4.95. The maximum atomic E-state index is 12.5. The van der Waals surface area contributed by atoms with Crippen LogP contribution in [0.4, 0.5) is 0 Å². The zero-order valence-corrected chi connectivity index (χ0v) is 14.6. The Balaban J connectivity index is 1.58.